The predicted molar refractivity (Wildman–Crippen MR) is 114 cm³/mol. The number of benzene rings is 2. The van der Waals surface area contributed by atoms with Gasteiger partial charge in [0.15, 0.2) is 0 Å². The molecule has 5 nitrogen and oxygen atoms in total. The Morgan fingerprint density at radius 3 is 2.47 bits per heavy atom. The van der Waals surface area contributed by atoms with Crippen molar-refractivity contribution in [3.63, 3.8) is 0 Å². The summed E-state index contributed by atoms with van der Waals surface area (Å²) in [5.41, 5.74) is 1.67. The Morgan fingerprint density at radius 1 is 1.13 bits per heavy atom. The third-order valence-corrected chi connectivity index (χ3v) is 5.74. The van der Waals surface area contributed by atoms with Crippen molar-refractivity contribution in [3.8, 4) is 11.1 Å². The van der Waals surface area contributed by atoms with Crippen LogP contribution in [-0.4, -0.2) is 62.5 Å². The van der Waals surface area contributed by atoms with Crippen LogP contribution in [0.2, 0.25) is 0 Å². The quantitative estimate of drug-likeness (QED) is 0.731. The van der Waals surface area contributed by atoms with Crippen LogP contribution in [0, 0.1) is 11.2 Å². The molecule has 0 radical (unpaired) electrons. The monoisotopic (exact) mass is 412 g/mol. The highest BCUT2D eigenvalue weighted by Crippen LogP contribution is 2.36. The molecule has 1 saturated heterocycles. The fourth-order valence-corrected chi connectivity index (χ4v) is 4.32. The first-order valence-corrected chi connectivity index (χ1v) is 10.2. The largest absolute Gasteiger partial charge is 0.375 e. The number of methoxy groups -OCH3 is 1. The van der Waals surface area contributed by atoms with Crippen LogP contribution in [0.15, 0.2) is 48.5 Å². The molecule has 30 heavy (non-hydrogen) atoms. The highest BCUT2D eigenvalue weighted by molar-refractivity contribution is 5.85. The molecule has 1 fully saturated rings. The van der Waals surface area contributed by atoms with Gasteiger partial charge in [-0.25, -0.2) is 4.39 Å². The number of ether oxygens (including phenoxy) is 1. The van der Waals surface area contributed by atoms with E-state index < -0.39 is 5.41 Å². The number of rotatable bonds is 6. The van der Waals surface area contributed by atoms with Gasteiger partial charge in [0.1, 0.15) is 12.4 Å². The Balaban J connectivity index is 1.86. The van der Waals surface area contributed by atoms with Crippen molar-refractivity contribution in [2.24, 2.45) is 5.41 Å². The van der Waals surface area contributed by atoms with Crippen molar-refractivity contribution in [1.82, 2.24) is 9.80 Å². The summed E-state index contributed by atoms with van der Waals surface area (Å²) in [7, 11) is 5.00. The van der Waals surface area contributed by atoms with Crippen molar-refractivity contribution < 1.29 is 18.7 Å². The van der Waals surface area contributed by atoms with Gasteiger partial charge in [0.25, 0.3) is 0 Å². The molecule has 2 aromatic rings. The van der Waals surface area contributed by atoms with Gasteiger partial charge in [-0.15, -0.1) is 0 Å². The minimum absolute atomic E-state index is 0.0174. The summed E-state index contributed by atoms with van der Waals surface area (Å²) < 4.78 is 19.1. The fourth-order valence-electron chi connectivity index (χ4n) is 4.32. The first kappa shape index (κ1) is 22.0. The number of likely N-dealkylation sites (tertiary alicyclic amines) is 1. The van der Waals surface area contributed by atoms with E-state index in [4.69, 9.17) is 4.74 Å². The van der Waals surface area contributed by atoms with Gasteiger partial charge < -0.3 is 14.5 Å². The van der Waals surface area contributed by atoms with Gasteiger partial charge in [0.2, 0.25) is 11.8 Å². The Kier molecular flexibility index (Phi) is 6.87. The predicted octanol–water partition coefficient (Wildman–Crippen LogP) is 3.38. The van der Waals surface area contributed by atoms with E-state index in [0.29, 0.717) is 25.1 Å². The Labute approximate surface area is 177 Å². The molecule has 0 N–H and O–H groups in total. The molecule has 1 atom stereocenters. The molecule has 0 unspecified atom stereocenters. The van der Waals surface area contributed by atoms with Crippen LogP contribution in [0.3, 0.4) is 0 Å². The van der Waals surface area contributed by atoms with Crippen molar-refractivity contribution in [1.29, 1.82) is 0 Å². The van der Waals surface area contributed by atoms with Crippen LogP contribution in [0.1, 0.15) is 18.4 Å². The van der Waals surface area contributed by atoms with E-state index in [9.17, 15) is 14.0 Å². The number of amides is 2. The number of halogens is 1. The second-order valence-corrected chi connectivity index (χ2v) is 8.19. The van der Waals surface area contributed by atoms with Gasteiger partial charge in [-0.3, -0.25) is 9.59 Å². The van der Waals surface area contributed by atoms with E-state index >= 15 is 0 Å². The summed E-state index contributed by atoms with van der Waals surface area (Å²) in [5, 5.41) is 0. The number of carbonyl (C=O) groups excluding carboxylic acids is 2. The van der Waals surface area contributed by atoms with Crippen molar-refractivity contribution in [3.05, 3.63) is 59.9 Å². The van der Waals surface area contributed by atoms with Gasteiger partial charge in [-0.05, 0) is 36.5 Å². The summed E-state index contributed by atoms with van der Waals surface area (Å²) in [6.45, 7) is 1.03. The normalized spacial score (nSPS) is 18.9. The van der Waals surface area contributed by atoms with Crippen molar-refractivity contribution >= 4 is 11.8 Å². The number of hydrogen-bond acceptors (Lipinski definition) is 3. The summed E-state index contributed by atoms with van der Waals surface area (Å²) in [6.07, 6.45) is 2.01. The molecule has 2 aromatic carbocycles. The number of carbonyl (C=O) groups is 2. The van der Waals surface area contributed by atoms with Crippen molar-refractivity contribution in [2.45, 2.75) is 19.3 Å². The molecule has 1 aliphatic heterocycles. The van der Waals surface area contributed by atoms with E-state index in [0.717, 1.165) is 24.0 Å². The van der Waals surface area contributed by atoms with Crippen LogP contribution < -0.4 is 0 Å². The lowest BCUT2D eigenvalue weighted by Crippen LogP contribution is -2.54. The maximum atomic E-state index is 14.1. The highest BCUT2D eigenvalue weighted by atomic mass is 19.1. The third kappa shape index (κ3) is 4.70. The minimum atomic E-state index is -0.676. The first-order valence-electron chi connectivity index (χ1n) is 10.2. The van der Waals surface area contributed by atoms with Gasteiger partial charge in [-0.2, -0.15) is 0 Å². The van der Waals surface area contributed by atoms with E-state index in [1.54, 1.807) is 36.0 Å². The van der Waals surface area contributed by atoms with Crippen LogP contribution in [0.4, 0.5) is 4.39 Å². The Bertz CT molecular complexity index is 898. The zero-order chi connectivity index (χ0) is 21.7. The van der Waals surface area contributed by atoms with E-state index in [-0.39, 0.29) is 24.2 Å². The zero-order valence-corrected chi connectivity index (χ0v) is 17.9. The van der Waals surface area contributed by atoms with Crippen LogP contribution in [0.25, 0.3) is 11.1 Å². The first-order chi connectivity index (χ1) is 14.4. The topological polar surface area (TPSA) is 49.9 Å². The standard InChI is InChI=1S/C24H29FN2O3/c1-26(2)23(29)24(13-6-14-27(17-24)22(28)16-30-3)15-18-9-11-19(12-10-18)20-7-4-5-8-21(20)25/h4-5,7-12H,6,13-17H2,1-3H3/t24-/m0/s1. The average molecular weight is 413 g/mol. The lowest BCUT2D eigenvalue weighted by atomic mass is 9.73. The second kappa shape index (κ2) is 9.39. The summed E-state index contributed by atoms with van der Waals surface area (Å²) in [6, 6.07) is 14.3. The fraction of sp³-hybridized carbons (Fsp3) is 0.417. The smallest absolute Gasteiger partial charge is 0.248 e. The molecule has 3 rings (SSSR count). The van der Waals surface area contributed by atoms with Crippen LogP contribution in [0.5, 0.6) is 0 Å². The molecule has 0 aliphatic carbocycles. The molecule has 0 saturated carbocycles. The molecule has 160 valence electrons. The molecule has 2 amide bonds. The second-order valence-electron chi connectivity index (χ2n) is 8.19. The molecular weight excluding hydrogens is 383 g/mol. The van der Waals surface area contributed by atoms with E-state index in [2.05, 4.69) is 0 Å². The van der Waals surface area contributed by atoms with Gasteiger partial charge >= 0.3 is 0 Å². The van der Waals surface area contributed by atoms with E-state index in [1.807, 2.05) is 30.3 Å². The average Bonchev–Trinajstić information content (AvgIpc) is 2.74. The lowest BCUT2D eigenvalue weighted by molar-refractivity contribution is -0.148. The van der Waals surface area contributed by atoms with Crippen LogP contribution in [-0.2, 0) is 20.7 Å². The summed E-state index contributed by atoms with van der Waals surface area (Å²) in [5.74, 6) is -0.331. The molecule has 0 spiro atoms. The molecule has 1 heterocycles. The van der Waals surface area contributed by atoms with Gasteiger partial charge in [-0.1, -0.05) is 42.5 Å². The highest BCUT2D eigenvalue weighted by Gasteiger charge is 2.44. The molecule has 6 heteroatoms. The molecule has 0 aromatic heterocycles. The molecule has 1 aliphatic rings. The maximum Gasteiger partial charge on any atom is 0.248 e. The summed E-state index contributed by atoms with van der Waals surface area (Å²) in [4.78, 5) is 28.9. The lowest BCUT2D eigenvalue weighted by Gasteiger charge is -2.43. The number of hydrogen-bond donors (Lipinski definition) is 0. The Morgan fingerprint density at radius 2 is 1.83 bits per heavy atom. The van der Waals surface area contributed by atoms with Crippen molar-refractivity contribution in [2.75, 3.05) is 40.9 Å². The molecule has 0 bridgehead atoms. The third-order valence-electron chi connectivity index (χ3n) is 5.74. The zero-order valence-electron chi connectivity index (χ0n) is 17.9. The number of nitrogens with zero attached hydrogens (tertiary/aromatic N) is 2. The number of piperidine rings is 1. The summed E-state index contributed by atoms with van der Waals surface area (Å²) >= 11 is 0. The van der Waals surface area contributed by atoms with Gasteiger partial charge in [0.05, 0.1) is 5.41 Å². The maximum absolute atomic E-state index is 14.1. The van der Waals surface area contributed by atoms with Gasteiger partial charge in [0, 0.05) is 39.9 Å². The molecular formula is C24H29FN2O3. The SMILES string of the molecule is COCC(=O)N1CCC[C@@](Cc2ccc(-c3ccccc3F)cc2)(C(=O)N(C)C)C1. The minimum Gasteiger partial charge on any atom is -0.375 e. The van der Waals surface area contributed by atoms with E-state index in [1.165, 1.54) is 13.2 Å². The Hall–Kier alpha value is -2.73. The van der Waals surface area contributed by atoms with Crippen LogP contribution >= 0.6 is 0 Å².